The average molecular weight is 453 g/mol. The number of phenols is 1. The predicted octanol–water partition coefficient (Wildman–Crippen LogP) is 4.71. The second kappa shape index (κ2) is 9.17. The first-order valence-electron chi connectivity index (χ1n) is 10.8. The van der Waals surface area contributed by atoms with Crippen molar-refractivity contribution in [3.63, 3.8) is 0 Å². The number of hydrogen-bond acceptors (Lipinski definition) is 4. The fraction of sp³-hybridized carbons (Fsp3) is 0.542. The van der Waals surface area contributed by atoms with E-state index >= 15 is 0 Å². The zero-order valence-electron chi connectivity index (χ0n) is 18.9. The molecule has 3 rings (SSSR count). The SMILES string of the molecule is Cc1ccc([C@H]2C[C@]2(CCC(=O)NC[C@H](Cc2ccc(O)cc2C)N(C)C)C(F)(F)F)o1. The van der Waals surface area contributed by atoms with Crippen molar-refractivity contribution in [2.24, 2.45) is 5.41 Å². The summed E-state index contributed by atoms with van der Waals surface area (Å²) in [7, 11) is 3.79. The molecule has 0 bridgehead atoms. The summed E-state index contributed by atoms with van der Waals surface area (Å²) in [5, 5.41) is 12.4. The van der Waals surface area contributed by atoms with Gasteiger partial charge in [0.1, 0.15) is 17.3 Å². The van der Waals surface area contributed by atoms with Gasteiger partial charge < -0.3 is 19.7 Å². The van der Waals surface area contributed by atoms with E-state index in [1.54, 1.807) is 31.2 Å². The standard InChI is InChI=1S/C24H31F3N2O3/c1-15-11-19(30)7-6-17(15)12-18(29(3)4)14-28-22(31)9-10-23(24(25,26)27)13-20(23)21-8-5-16(2)32-21/h5-8,11,18,20,30H,9-10,12-14H2,1-4H3,(H,28,31)/t18-,20+,23-/m0/s1. The molecule has 2 N–H and O–H groups in total. The molecule has 1 amide bonds. The van der Waals surface area contributed by atoms with E-state index < -0.39 is 17.5 Å². The van der Waals surface area contributed by atoms with E-state index in [0.717, 1.165) is 11.1 Å². The molecule has 1 aliphatic carbocycles. The summed E-state index contributed by atoms with van der Waals surface area (Å²) in [6.45, 7) is 3.94. The number of benzene rings is 1. The van der Waals surface area contributed by atoms with Crippen LogP contribution in [0.15, 0.2) is 34.7 Å². The Hall–Kier alpha value is -2.48. The van der Waals surface area contributed by atoms with Crippen LogP contribution in [0.4, 0.5) is 13.2 Å². The largest absolute Gasteiger partial charge is 0.508 e. The number of alkyl halides is 3. The molecule has 0 saturated heterocycles. The van der Waals surface area contributed by atoms with Crippen LogP contribution in [0.3, 0.4) is 0 Å². The summed E-state index contributed by atoms with van der Waals surface area (Å²) in [5.41, 5.74) is 0.100. The number of aromatic hydroxyl groups is 1. The molecule has 1 aromatic carbocycles. The molecule has 0 unspecified atom stereocenters. The van der Waals surface area contributed by atoms with Crippen LogP contribution in [0.2, 0.25) is 0 Å². The van der Waals surface area contributed by atoms with E-state index in [2.05, 4.69) is 5.32 Å². The van der Waals surface area contributed by atoms with E-state index in [-0.39, 0.29) is 37.0 Å². The van der Waals surface area contributed by atoms with Crippen molar-refractivity contribution in [1.82, 2.24) is 10.2 Å². The maximum atomic E-state index is 13.8. The molecule has 2 aromatic rings. The number of halogens is 3. The lowest BCUT2D eigenvalue weighted by Crippen LogP contribution is -2.42. The molecule has 5 nitrogen and oxygen atoms in total. The summed E-state index contributed by atoms with van der Waals surface area (Å²) >= 11 is 0. The van der Waals surface area contributed by atoms with Gasteiger partial charge in [0.25, 0.3) is 0 Å². The Kier molecular flexibility index (Phi) is 6.93. The number of carbonyl (C=O) groups is 1. The number of amides is 1. The maximum absolute atomic E-state index is 13.8. The molecule has 1 aliphatic rings. The van der Waals surface area contributed by atoms with E-state index in [1.165, 1.54) is 0 Å². The van der Waals surface area contributed by atoms with Crippen molar-refractivity contribution in [2.45, 2.75) is 57.7 Å². The minimum Gasteiger partial charge on any atom is -0.508 e. The third kappa shape index (κ3) is 5.28. The van der Waals surface area contributed by atoms with Gasteiger partial charge in [0, 0.05) is 24.9 Å². The lowest BCUT2D eigenvalue weighted by molar-refractivity contribution is -0.191. The van der Waals surface area contributed by atoms with Crippen molar-refractivity contribution in [3.05, 3.63) is 53.0 Å². The number of likely N-dealkylation sites (N-methyl/N-ethyl adjacent to an activating group) is 1. The minimum absolute atomic E-state index is 0.0291. The second-order valence-electron chi connectivity index (χ2n) is 9.10. The summed E-state index contributed by atoms with van der Waals surface area (Å²) in [5.74, 6) is 0.0132. The fourth-order valence-corrected chi connectivity index (χ4v) is 4.31. The number of aryl methyl sites for hydroxylation is 2. The minimum atomic E-state index is -4.39. The lowest BCUT2D eigenvalue weighted by atomic mass is 9.95. The van der Waals surface area contributed by atoms with E-state index in [1.807, 2.05) is 32.0 Å². The van der Waals surface area contributed by atoms with Gasteiger partial charge in [-0.2, -0.15) is 13.2 Å². The summed E-state index contributed by atoms with van der Waals surface area (Å²) < 4.78 is 46.9. The van der Waals surface area contributed by atoms with Gasteiger partial charge >= 0.3 is 6.18 Å². The number of carbonyl (C=O) groups excluding carboxylic acids is 1. The van der Waals surface area contributed by atoms with Gasteiger partial charge in [0.15, 0.2) is 0 Å². The third-order valence-corrected chi connectivity index (χ3v) is 6.59. The molecule has 0 spiro atoms. The van der Waals surface area contributed by atoms with Crippen molar-refractivity contribution in [2.75, 3.05) is 20.6 Å². The second-order valence-corrected chi connectivity index (χ2v) is 9.10. The number of phenolic OH excluding ortho intramolecular Hbond substituents is 1. The van der Waals surface area contributed by atoms with Crippen molar-refractivity contribution < 1.29 is 27.5 Å². The highest BCUT2D eigenvalue weighted by atomic mass is 19.4. The number of furan rings is 1. The highest BCUT2D eigenvalue weighted by molar-refractivity contribution is 5.76. The number of hydrogen-bond donors (Lipinski definition) is 2. The van der Waals surface area contributed by atoms with Gasteiger partial charge in [-0.25, -0.2) is 0 Å². The summed E-state index contributed by atoms with van der Waals surface area (Å²) in [6.07, 6.45) is -4.23. The Bertz CT molecular complexity index is 954. The average Bonchev–Trinajstić information content (AvgIpc) is 3.30. The van der Waals surface area contributed by atoms with Gasteiger partial charge in [0.05, 0.1) is 5.41 Å². The van der Waals surface area contributed by atoms with Gasteiger partial charge in [0.2, 0.25) is 5.91 Å². The molecule has 32 heavy (non-hydrogen) atoms. The molecule has 8 heteroatoms. The summed E-state index contributed by atoms with van der Waals surface area (Å²) in [4.78, 5) is 14.4. The number of nitrogens with zero attached hydrogens (tertiary/aromatic N) is 1. The van der Waals surface area contributed by atoms with Crippen LogP contribution in [-0.4, -0.2) is 48.8 Å². The topological polar surface area (TPSA) is 65.7 Å². The monoisotopic (exact) mass is 452 g/mol. The van der Waals surface area contributed by atoms with Gasteiger partial charge in [-0.1, -0.05) is 6.07 Å². The van der Waals surface area contributed by atoms with Gasteiger partial charge in [-0.05, 0) is 82.6 Å². The van der Waals surface area contributed by atoms with Gasteiger partial charge in [-0.3, -0.25) is 4.79 Å². The smallest absolute Gasteiger partial charge is 0.395 e. The molecule has 176 valence electrons. The fourth-order valence-electron chi connectivity index (χ4n) is 4.31. The van der Waals surface area contributed by atoms with Crippen LogP contribution < -0.4 is 5.32 Å². The van der Waals surface area contributed by atoms with Crippen LogP contribution in [0.1, 0.15) is 47.8 Å². The number of rotatable bonds is 9. The molecule has 3 atom stereocenters. The Morgan fingerprint density at radius 2 is 2.00 bits per heavy atom. The quantitative estimate of drug-likeness (QED) is 0.579. The first-order valence-corrected chi connectivity index (χ1v) is 10.8. The molecule has 1 aromatic heterocycles. The molecule has 1 fully saturated rings. The predicted molar refractivity (Wildman–Crippen MR) is 116 cm³/mol. The highest BCUT2D eigenvalue weighted by Gasteiger charge is 2.71. The van der Waals surface area contributed by atoms with Crippen LogP contribution in [0.5, 0.6) is 5.75 Å². The van der Waals surface area contributed by atoms with E-state index in [4.69, 9.17) is 4.42 Å². The molecular formula is C24H31F3N2O3. The molecular weight excluding hydrogens is 421 g/mol. The van der Waals surface area contributed by atoms with Crippen molar-refractivity contribution in [1.29, 1.82) is 0 Å². The van der Waals surface area contributed by atoms with Crippen LogP contribution >= 0.6 is 0 Å². The maximum Gasteiger partial charge on any atom is 0.395 e. The Morgan fingerprint density at radius 1 is 1.28 bits per heavy atom. The first-order chi connectivity index (χ1) is 14.9. The van der Waals surface area contributed by atoms with Gasteiger partial charge in [-0.15, -0.1) is 0 Å². The van der Waals surface area contributed by atoms with E-state index in [0.29, 0.717) is 24.5 Å². The lowest BCUT2D eigenvalue weighted by Gasteiger charge is -2.26. The zero-order valence-corrected chi connectivity index (χ0v) is 18.9. The molecule has 0 aliphatic heterocycles. The van der Waals surface area contributed by atoms with Crippen molar-refractivity contribution >= 4 is 5.91 Å². The Labute approximate surface area is 186 Å². The normalized spacial score (nSPS) is 21.6. The Morgan fingerprint density at radius 3 is 2.56 bits per heavy atom. The molecule has 1 saturated carbocycles. The van der Waals surface area contributed by atoms with Crippen molar-refractivity contribution in [3.8, 4) is 5.75 Å². The third-order valence-electron chi connectivity index (χ3n) is 6.59. The van der Waals surface area contributed by atoms with Crippen LogP contribution in [-0.2, 0) is 11.2 Å². The molecule has 1 heterocycles. The zero-order chi connectivity index (χ0) is 23.7. The molecule has 0 radical (unpaired) electrons. The highest BCUT2D eigenvalue weighted by Crippen LogP contribution is 2.69. The number of nitrogens with one attached hydrogen (secondary N) is 1. The van der Waals surface area contributed by atoms with Crippen LogP contribution in [0, 0.1) is 19.3 Å². The summed E-state index contributed by atoms with van der Waals surface area (Å²) in [6, 6.07) is 8.39. The first kappa shape index (κ1) is 24.2. The Balaban J connectivity index is 1.57. The van der Waals surface area contributed by atoms with E-state index in [9.17, 15) is 23.1 Å². The van der Waals surface area contributed by atoms with Crippen LogP contribution in [0.25, 0.3) is 0 Å².